The largest absolute Gasteiger partial charge is 0.507 e. The van der Waals surface area contributed by atoms with Crippen LogP contribution in [0.3, 0.4) is 0 Å². The first-order valence-corrected chi connectivity index (χ1v) is 5.26. The Morgan fingerprint density at radius 1 is 1.42 bits per heavy atom. The first-order valence-electron chi connectivity index (χ1n) is 5.26. The Morgan fingerprint density at radius 2 is 2.00 bits per heavy atom. The summed E-state index contributed by atoms with van der Waals surface area (Å²) in [5, 5.41) is 18.8. The first-order chi connectivity index (χ1) is 8.36. The number of hydrogen-bond acceptors (Lipinski definition) is 5. The van der Waals surface area contributed by atoms with Gasteiger partial charge in [-0.2, -0.15) is 0 Å². The Bertz CT molecular complexity index is 489. The first kappa shape index (κ1) is 17.2. The number of hydrogen-bond donors (Lipinski definition) is 3. The van der Waals surface area contributed by atoms with E-state index in [0.717, 1.165) is 0 Å². The van der Waals surface area contributed by atoms with Crippen molar-refractivity contribution >= 4 is 24.3 Å². The lowest BCUT2D eigenvalue weighted by Gasteiger charge is -2.15. The molecule has 0 aliphatic rings. The summed E-state index contributed by atoms with van der Waals surface area (Å²) in [6.45, 7) is 1.57. The maximum absolute atomic E-state index is 11.1. The van der Waals surface area contributed by atoms with Gasteiger partial charge in [0, 0.05) is 11.6 Å². The van der Waals surface area contributed by atoms with Gasteiger partial charge in [-0.15, -0.1) is 12.4 Å². The summed E-state index contributed by atoms with van der Waals surface area (Å²) in [4.78, 5) is 22.0. The third kappa shape index (κ3) is 4.11. The van der Waals surface area contributed by atoms with Crippen molar-refractivity contribution in [1.29, 1.82) is 0 Å². The number of aromatic hydroxyl groups is 1. The number of carboxylic acid groups (broad SMARTS) is 1. The number of rotatable bonds is 4. The molecule has 0 saturated heterocycles. The van der Waals surface area contributed by atoms with Crippen LogP contribution in [0.4, 0.5) is 0 Å². The normalized spacial score (nSPS) is 11.3. The number of ether oxygens (including phenoxy) is 1. The molecule has 0 bridgehead atoms. The second kappa shape index (κ2) is 6.96. The highest BCUT2D eigenvalue weighted by atomic mass is 35.5. The van der Waals surface area contributed by atoms with Crippen molar-refractivity contribution in [3.05, 3.63) is 28.8 Å². The summed E-state index contributed by atoms with van der Waals surface area (Å²) in [5.74, 6) is -1.75. The Kier molecular flexibility index (Phi) is 6.31. The van der Waals surface area contributed by atoms with E-state index in [1.54, 1.807) is 6.92 Å². The summed E-state index contributed by atoms with van der Waals surface area (Å²) in [7, 11) is 1.23. The smallest absolute Gasteiger partial charge is 0.335 e. The second-order valence-corrected chi connectivity index (χ2v) is 3.92. The number of aryl methyl sites for hydroxylation is 1. The number of carboxylic acids is 1. The zero-order valence-corrected chi connectivity index (χ0v) is 11.4. The lowest BCUT2D eigenvalue weighted by Crippen LogP contribution is -2.17. The molecule has 0 heterocycles. The molecule has 1 aromatic rings. The van der Waals surface area contributed by atoms with E-state index in [4.69, 9.17) is 10.8 Å². The van der Waals surface area contributed by atoms with Crippen molar-refractivity contribution in [3.8, 4) is 5.75 Å². The zero-order chi connectivity index (χ0) is 13.9. The molecule has 0 aromatic heterocycles. The van der Waals surface area contributed by atoms with E-state index < -0.39 is 18.0 Å². The van der Waals surface area contributed by atoms with Gasteiger partial charge in [0.1, 0.15) is 5.75 Å². The maximum atomic E-state index is 11.1. The molecule has 0 saturated carbocycles. The van der Waals surface area contributed by atoms with E-state index in [1.165, 1.54) is 19.2 Å². The number of carbonyl (C=O) groups is 2. The van der Waals surface area contributed by atoms with Crippen LogP contribution in [0.5, 0.6) is 5.75 Å². The number of aromatic carboxylic acids is 1. The zero-order valence-electron chi connectivity index (χ0n) is 10.5. The number of esters is 1. The fraction of sp³-hybridized carbons (Fsp3) is 0.333. The van der Waals surface area contributed by atoms with E-state index in [-0.39, 0.29) is 35.7 Å². The Labute approximate surface area is 116 Å². The van der Waals surface area contributed by atoms with E-state index >= 15 is 0 Å². The quantitative estimate of drug-likeness (QED) is 0.722. The molecular formula is C12H16ClNO5. The van der Waals surface area contributed by atoms with Crippen LogP contribution in [0.25, 0.3) is 0 Å². The molecule has 0 aliphatic carbocycles. The van der Waals surface area contributed by atoms with Crippen LogP contribution in [0.15, 0.2) is 12.1 Å². The third-order valence-electron chi connectivity index (χ3n) is 2.59. The van der Waals surface area contributed by atoms with Gasteiger partial charge in [-0.05, 0) is 24.6 Å². The molecule has 0 aliphatic heterocycles. The van der Waals surface area contributed by atoms with Gasteiger partial charge in [-0.25, -0.2) is 4.79 Å². The minimum Gasteiger partial charge on any atom is -0.507 e. The highest BCUT2D eigenvalue weighted by Crippen LogP contribution is 2.29. The van der Waals surface area contributed by atoms with Crippen molar-refractivity contribution in [3.63, 3.8) is 0 Å². The van der Waals surface area contributed by atoms with E-state index in [1.807, 2.05) is 0 Å². The van der Waals surface area contributed by atoms with Gasteiger partial charge in [-0.3, -0.25) is 4.79 Å². The number of carbonyl (C=O) groups excluding carboxylic acids is 1. The van der Waals surface area contributed by atoms with Crippen LogP contribution < -0.4 is 5.73 Å². The molecule has 6 nitrogen and oxygen atoms in total. The molecule has 1 aromatic carbocycles. The van der Waals surface area contributed by atoms with E-state index in [2.05, 4.69) is 4.74 Å². The Balaban J connectivity index is 0.00000324. The van der Waals surface area contributed by atoms with Gasteiger partial charge >= 0.3 is 11.9 Å². The number of benzene rings is 1. The van der Waals surface area contributed by atoms with Gasteiger partial charge in [-0.1, -0.05) is 0 Å². The lowest BCUT2D eigenvalue weighted by molar-refractivity contribution is -0.141. The minimum absolute atomic E-state index is 0. The SMILES string of the molecule is COC(=O)C[C@@H](N)c1cc(C(=O)O)cc(C)c1O.Cl. The lowest BCUT2D eigenvalue weighted by atomic mass is 9.98. The number of nitrogens with two attached hydrogens (primary N) is 1. The van der Waals surface area contributed by atoms with Crippen LogP contribution in [0.1, 0.15) is 33.9 Å². The predicted octanol–water partition coefficient (Wildman–Crippen LogP) is 1.38. The van der Waals surface area contributed by atoms with Gasteiger partial charge in [0.05, 0.1) is 19.1 Å². The number of phenols is 1. The maximum Gasteiger partial charge on any atom is 0.335 e. The highest BCUT2D eigenvalue weighted by Gasteiger charge is 2.19. The molecular weight excluding hydrogens is 274 g/mol. The summed E-state index contributed by atoms with van der Waals surface area (Å²) in [5.41, 5.74) is 6.38. The van der Waals surface area contributed by atoms with Crippen molar-refractivity contribution in [2.45, 2.75) is 19.4 Å². The fourth-order valence-corrected chi connectivity index (χ4v) is 1.59. The molecule has 1 rings (SSSR count). The predicted molar refractivity (Wildman–Crippen MR) is 70.6 cm³/mol. The van der Waals surface area contributed by atoms with Crippen LogP contribution in [-0.2, 0) is 9.53 Å². The average molecular weight is 290 g/mol. The fourth-order valence-electron chi connectivity index (χ4n) is 1.59. The van der Waals surface area contributed by atoms with Crippen LogP contribution >= 0.6 is 12.4 Å². The number of methoxy groups -OCH3 is 1. The van der Waals surface area contributed by atoms with Gasteiger partial charge in [0.15, 0.2) is 0 Å². The van der Waals surface area contributed by atoms with Gasteiger partial charge < -0.3 is 20.7 Å². The van der Waals surface area contributed by atoms with Crippen molar-refractivity contribution in [2.24, 2.45) is 5.73 Å². The van der Waals surface area contributed by atoms with Crippen molar-refractivity contribution in [2.75, 3.05) is 7.11 Å². The molecule has 0 unspecified atom stereocenters. The molecule has 106 valence electrons. The number of halogens is 1. The van der Waals surface area contributed by atoms with E-state index in [0.29, 0.717) is 5.56 Å². The number of phenolic OH excluding ortho intramolecular Hbond substituents is 1. The van der Waals surface area contributed by atoms with Crippen molar-refractivity contribution < 1.29 is 24.5 Å². The van der Waals surface area contributed by atoms with Crippen LogP contribution in [-0.4, -0.2) is 29.3 Å². The van der Waals surface area contributed by atoms with E-state index in [9.17, 15) is 14.7 Å². The summed E-state index contributed by atoms with van der Waals surface area (Å²) >= 11 is 0. The minimum atomic E-state index is -1.12. The molecule has 0 amide bonds. The van der Waals surface area contributed by atoms with Gasteiger partial charge in [0.25, 0.3) is 0 Å². The highest BCUT2D eigenvalue weighted by molar-refractivity contribution is 5.88. The molecule has 1 atom stereocenters. The topological polar surface area (TPSA) is 110 Å². The summed E-state index contributed by atoms with van der Waals surface area (Å²) < 4.78 is 4.47. The third-order valence-corrected chi connectivity index (χ3v) is 2.59. The van der Waals surface area contributed by atoms with Crippen LogP contribution in [0.2, 0.25) is 0 Å². The second-order valence-electron chi connectivity index (χ2n) is 3.92. The monoisotopic (exact) mass is 289 g/mol. The standard InChI is InChI=1S/C12H15NO5.ClH/c1-6-3-7(12(16)17)4-8(11(6)15)9(13)5-10(14)18-2;/h3-4,9,15H,5,13H2,1-2H3,(H,16,17);1H/t9-;/m1./s1. The summed E-state index contributed by atoms with van der Waals surface area (Å²) in [6.07, 6.45) is -0.132. The average Bonchev–Trinajstić information content (AvgIpc) is 2.31. The molecule has 4 N–H and O–H groups in total. The molecule has 0 spiro atoms. The molecule has 0 radical (unpaired) electrons. The Hall–Kier alpha value is -1.79. The summed E-state index contributed by atoms with van der Waals surface area (Å²) in [6, 6.07) is 1.79. The molecule has 19 heavy (non-hydrogen) atoms. The van der Waals surface area contributed by atoms with Crippen molar-refractivity contribution in [1.82, 2.24) is 0 Å². The Morgan fingerprint density at radius 3 is 2.47 bits per heavy atom. The molecule has 0 fully saturated rings. The van der Waals surface area contributed by atoms with Crippen LogP contribution in [0, 0.1) is 6.92 Å². The molecule has 7 heteroatoms. The van der Waals surface area contributed by atoms with Gasteiger partial charge in [0.2, 0.25) is 0 Å².